The zero-order valence-electron chi connectivity index (χ0n) is 13.7. The quantitative estimate of drug-likeness (QED) is 0.882. The standard InChI is InChI=1S/C19H22FNO3/c1-23-17-8-7-16(20)11-14(17)12-19(22,15-5-3-2-4-6-15)18-13-21-9-10-24-18/h2-8,11,18,21-22H,9-10,12-13H2,1H3/t18-,19+/m1/s1. The van der Waals surface area contributed by atoms with E-state index in [9.17, 15) is 9.50 Å². The first-order valence-electron chi connectivity index (χ1n) is 8.06. The lowest BCUT2D eigenvalue weighted by atomic mass is 9.81. The van der Waals surface area contributed by atoms with E-state index in [-0.39, 0.29) is 12.2 Å². The van der Waals surface area contributed by atoms with E-state index in [1.807, 2.05) is 30.3 Å². The first kappa shape index (κ1) is 16.9. The molecule has 0 spiro atoms. The van der Waals surface area contributed by atoms with Gasteiger partial charge in [-0.15, -0.1) is 0 Å². The Hall–Kier alpha value is -1.95. The monoisotopic (exact) mass is 331 g/mol. The SMILES string of the molecule is COc1ccc(F)cc1C[C@](O)(c1ccccc1)[C@H]1CNCCO1. The van der Waals surface area contributed by atoms with Crippen LogP contribution in [-0.2, 0) is 16.8 Å². The lowest BCUT2D eigenvalue weighted by Gasteiger charge is -2.39. The highest BCUT2D eigenvalue weighted by Gasteiger charge is 2.41. The van der Waals surface area contributed by atoms with Gasteiger partial charge in [0.1, 0.15) is 23.3 Å². The first-order valence-corrected chi connectivity index (χ1v) is 8.06. The topological polar surface area (TPSA) is 50.7 Å². The molecule has 2 atom stereocenters. The third-order valence-corrected chi connectivity index (χ3v) is 4.44. The van der Waals surface area contributed by atoms with Gasteiger partial charge in [-0.3, -0.25) is 0 Å². The molecule has 2 N–H and O–H groups in total. The molecule has 2 aromatic carbocycles. The average molecular weight is 331 g/mol. The van der Waals surface area contributed by atoms with Gasteiger partial charge in [0.25, 0.3) is 0 Å². The lowest BCUT2D eigenvalue weighted by molar-refractivity contribution is -0.124. The summed E-state index contributed by atoms with van der Waals surface area (Å²) < 4.78 is 24.9. The Morgan fingerprint density at radius 1 is 1.29 bits per heavy atom. The Labute approximate surface area is 141 Å². The van der Waals surface area contributed by atoms with Crippen LogP contribution < -0.4 is 10.1 Å². The maximum atomic E-state index is 13.7. The second-order valence-electron chi connectivity index (χ2n) is 5.99. The number of halogens is 1. The molecular formula is C19H22FNO3. The van der Waals surface area contributed by atoms with Crippen molar-refractivity contribution in [2.45, 2.75) is 18.1 Å². The van der Waals surface area contributed by atoms with E-state index in [0.29, 0.717) is 24.5 Å². The summed E-state index contributed by atoms with van der Waals surface area (Å²) in [6, 6.07) is 13.7. The van der Waals surface area contributed by atoms with E-state index in [1.165, 1.54) is 19.2 Å². The number of benzene rings is 2. The summed E-state index contributed by atoms with van der Waals surface area (Å²) in [6.07, 6.45) is -0.230. The van der Waals surface area contributed by atoms with Gasteiger partial charge in [0.2, 0.25) is 0 Å². The summed E-state index contributed by atoms with van der Waals surface area (Å²) in [5.41, 5.74) is 0.0680. The van der Waals surface area contributed by atoms with E-state index in [1.54, 1.807) is 6.07 Å². The molecule has 3 rings (SSSR count). The number of aliphatic hydroxyl groups is 1. The molecule has 128 valence electrons. The minimum Gasteiger partial charge on any atom is -0.496 e. The molecular weight excluding hydrogens is 309 g/mol. The number of nitrogens with one attached hydrogen (secondary N) is 1. The molecule has 0 unspecified atom stereocenters. The summed E-state index contributed by atoms with van der Waals surface area (Å²) in [5.74, 6) is 0.193. The van der Waals surface area contributed by atoms with E-state index in [2.05, 4.69) is 5.32 Å². The van der Waals surface area contributed by atoms with Gasteiger partial charge in [0, 0.05) is 25.1 Å². The Bertz CT molecular complexity index is 674. The predicted molar refractivity (Wildman–Crippen MR) is 89.6 cm³/mol. The maximum absolute atomic E-state index is 13.7. The van der Waals surface area contributed by atoms with Crippen molar-refractivity contribution >= 4 is 0 Å². The van der Waals surface area contributed by atoms with E-state index >= 15 is 0 Å². The van der Waals surface area contributed by atoms with Gasteiger partial charge in [-0.05, 0) is 23.8 Å². The van der Waals surface area contributed by atoms with Crippen molar-refractivity contribution in [1.82, 2.24) is 5.32 Å². The molecule has 0 saturated carbocycles. The molecule has 1 fully saturated rings. The van der Waals surface area contributed by atoms with Gasteiger partial charge < -0.3 is 19.9 Å². The molecule has 0 aromatic heterocycles. The highest BCUT2D eigenvalue weighted by atomic mass is 19.1. The second-order valence-corrected chi connectivity index (χ2v) is 5.99. The highest BCUT2D eigenvalue weighted by molar-refractivity contribution is 5.37. The summed E-state index contributed by atoms with van der Waals surface area (Å²) >= 11 is 0. The van der Waals surface area contributed by atoms with Gasteiger partial charge in [-0.25, -0.2) is 4.39 Å². The summed E-state index contributed by atoms with van der Waals surface area (Å²) in [4.78, 5) is 0. The normalized spacial score (nSPS) is 20.4. The summed E-state index contributed by atoms with van der Waals surface area (Å²) in [6.45, 7) is 1.81. The Balaban J connectivity index is 2.00. The van der Waals surface area contributed by atoms with Gasteiger partial charge in [-0.1, -0.05) is 30.3 Å². The molecule has 1 aliphatic heterocycles. The van der Waals surface area contributed by atoms with Crippen LogP contribution in [0.4, 0.5) is 4.39 Å². The van der Waals surface area contributed by atoms with Crippen LogP contribution in [0.5, 0.6) is 5.75 Å². The van der Waals surface area contributed by atoms with Crippen molar-refractivity contribution in [1.29, 1.82) is 0 Å². The van der Waals surface area contributed by atoms with Crippen molar-refractivity contribution in [3.8, 4) is 5.75 Å². The fraction of sp³-hybridized carbons (Fsp3) is 0.368. The Morgan fingerprint density at radius 2 is 2.08 bits per heavy atom. The highest BCUT2D eigenvalue weighted by Crippen LogP contribution is 2.35. The third kappa shape index (κ3) is 3.43. The fourth-order valence-electron chi connectivity index (χ4n) is 3.18. The van der Waals surface area contributed by atoms with Crippen LogP contribution >= 0.6 is 0 Å². The molecule has 0 aliphatic carbocycles. The average Bonchev–Trinajstić information content (AvgIpc) is 2.63. The maximum Gasteiger partial charge on any atom is 0.123 e. The van der Waals surface area contributed by atoms with Crippen LogP contribution in [0.1, 0.15) is 11.1 Å². The molecule has 0 amide bonds. The van der Waals surface area contributed by atoms with Crippen LogP contribution in [0.2, 0.25) is 0 Å². The van der Waals surface area contributed by atoms with Crippen LogP contribution in [0.15, 0.2) is 48.5 Å². The van der Waals surface area contributed by atoms with Crippen LogP contribution in [0.3, 0.4) is 0 Å². The minimum atomic E-state index is -1.28. The Morgan fingerprint density at radius 3 is 2.75 bits per heavy atom. The number of morpholine rings is 1. The molecule has 1 heterocycles. The molecule has 4 nitrogen and oxygen atoms in total. The van der Waals surface area contributed by atoms with Crippen LogP contribution in [-0.4, -0.2) is 38.0 Å². The zero-order chi connectivity index (χ0) is 17.0. The number of rotatable bonds is 5. The number of methoxy groups -OCH3 is 1. The molecule has 1 saturated heterocycles. The lowest BCUT2D eigenvalue weighted by Crippen LogP contribution is -2.52. The number of hydrogen-bond acceptors (Lipinski definition) is 4. The third-order valence-electron chi connectivity index (χ3n) is 4.44. The summed E-state index contributed by atoms with van der Waals surface area (Å²) in [5, 5.41) is 14.8. The van der Waals surface area contributed by atoms with Crippen molar-refractivity contribution in [2.24, 2.45) is 0 Å². The van der Waals surface area contributed by atoms with Crippen molar-refractivity contribution in [3.63, 3.8) is 0 Å². The molecule has 0 radical (unpaired) electrons. The number of ether oxygens (including phenoxy) is 2. The van der Waals surface area contributed by atoms with E-state index in [0.717, 1.165) is 12.1 Å². The summed E-state index contributed by atoms with van der Waals surface area (Å²) in [7, 11) is 1.54. The van der Waals surface area contributed by atoms with Crippen LogP contribution in [0, 0.1) is 5.82 Å². The molecule has 5 heteroatoms. The minimum absolute atomic E-state index is 0.199. The number of hydrogen-bond donors (Lipinski definition) is 2. The van der Waals surface area contributed by atoms with Crippen LogP contribution in [0.25, 0.3) is 0 Å². The van der Waals surface area contributed by atoms with Gasteiger partial charge in [0.05, 0.1) is 13.7 Å². The molecule has 0 bridgehead atoms. The van der Waals surface area contributed by atoms with E-state index in [4.69, 9.17) is 9.47 Å². The molecule has 2 aromatic rings. The van der Waals surface area contributed by atoms with Crippen molar-refractivity contribution in [3.05, 3.63) is 65.5 Å². The van der Waals surface area contributed by atoms with Gasteiger partial charge in [-0.2, -0.15) is 0 Å². The molecule has 1 aliphatic rings. The predicted octanol–water partition coefficient (Wildman–Crippen LogP) is 2.25. The second kappa shape index (κ2) is 7.30. The molecule has 24 heavy (non-hydrogen) atoms. The van der Waals surface area contributed by atoms with Gasteiger partial charge in [0.15, 0.2) is 0 Å². The fourth-order valence-corrected chi connectivity index (χ4v) is 3.18. The van der Waals surface area contributed by atoms with Crippen molar-refractivity contribution in [2.75, 3.05) is 26.8 Å². The largest absolute Gasteiger partial charge is 0.496 e. The first-order chi connectivity index (χ1) is 11.6. The smallest absolute Gasteiger partial charge is 0.123 e. The van der Waals surface area contributed by atoms with E-state index < -0.39 is 11.7 Å². The van der Waals surface area contributed by atoms with Gasteiger partial charge >= 0.3 is 0 Å². The Kier molecular flexibility index (Phi) is 5.14. The zero-order valence-corrected chi connectivity index (χ0v) is 13.7. The van der Waals surface area contributed by atoms with Crippen molar-refractivity contribution < 1.29 is 19.0 Å².